The molecule has 1 atom stereocenters. The van der Waals surface area contributed by atoms with Crippen molar-refractivity contribution in [3.63, 3.8) is 0 Å². The molecule has 5 nitrogen and oxygen atoms in total. The van der Waals surface area contributed by atoms with Gasteiger partial charge in [-0.2, -0.15) is 4.31 Å². The van der Waals surface area contributed by atoms with Gasteiger partial charge in [0.2, 0.25) is 10.0 Å². The zero-order chi connectivity index (χ0) is 14.1. The van der Waals surface area contributed by atoms with E-state index >= 15 is 0 Å². The van der Waals surface area contributed by atoms with Crippen LogP contribution in [-0.4, -0.2) is 37.5 Å². The summed E-state index contributed by atoms with van der Waals surface area (Å²) in [6.45, 7) is 0.986. The second-order valence-electron chi connectivity index (χ2n) is 3.87. The van der Waals surface area contributed by atoms with Gasteiger partial charge in [-0.25, -0.2) is 17.2 Å². The lowest BCUT2D eigenvalue weighted by molar-refractivity contribution is 0.213. The van der Waals surface area contributed by atoms with Crippen molar-refractivity contribution >= 4 is 15.7 Å². The van der Waals surface area contributed by atoms with E-state index in [-0.39, 0.29) is 5.69 Å². The zero-order valence-corrected chi connectivity index (χ0v) is 10.7. The Kier molecular flexibility index (Phi) is 4.25. The second kappa shape index (κ2) is 5.17. The maximum absolute atomic E-state index is 13.5. The molecule has 0 spiro atoms. The molecule has 1 aromatic carbocycles. The molecular formula is C10H14F2N2O3S. The number of aliphatic hydroxyl groups is 1. The number of benzene rings is 1. The quantitative estimate of drug-likeness (QED) is 0.789. The standard InChI is InChI=1S/C10H14F2N2O3S/c1-6(5-15)14(2)18(16,17)9-4-7(13)3-8(11)10(9)12/h3-4,6,15H,5,13H2,1-2H3. The highest BCUT2D eigenvalue weighted by Crippen LogP contribution is 2.24. The molecule has 3 N–H and O–H groups in total. The van der Waals surface area contributed by atoms with E-state index in [9.17, 15) is 17.2 Å². The van der Waals surface area contributed by atoms with Crippen molar-refractivity contribution in [2.45, 2.75) is 17.9 Å². The van der Waals surface area contributed by atoms with Crippen LogP contribution in [0.2, 0.25) is 0 Å². The molecule has 0 saturated heterocycles. The number of sulfonamides is 1. The van der Waals surface area contributed by atoms with Crippen LogP contribution in [0.5, 0.6) is 0 Å². The molecule has 8 heteroatoms. The lowest BCUT2D eigenvalue weighted by atomic mass is 10.3. The van der Waals surface area contributed by atoms with Crippen molar-refractivity contribution in [2.75, 3.05) is 19.4 Å². The fraction of sp³-hybridized carbons (Fsp3) is 0.400. The maximum Gasteiger partial charge on any atom is 0.246 e. The maximum atomic E-state index is 13.5. The first-order valence-electron chi connectivity index (χ1n) is 5.05. The van der Waals surface area contributed by atoms with Crippen LogP contribution in [-0.2, 0) is 10.0 Å². The number of nitrogens with zero attached hydrogens (tertiary/aromatic N) is 1. The molecule has 0 aliphatic carbocycles. The van der Waals surface area contributed by atoms with Crippen LogP contribution < -0.4 is 5.73 Å². The SMILES string of the molecule is CC(CO)N(C)S(=O)(=O)c1cc(N)cc(F)c1F. The first-order chi connectivity index (χ1) is 8.21. The van der Waals surface area contributed by atoms with Crippen LogP contribution >= 0.6 is 0 Å². The van der Waals surface area contributed by atoms with E-state index in [1.165, 1.54) is 6.92 Å². The fourth-order valence-corrected chi connectivity index (χ4v) is 2.74. The second-order valence-corrected chi connectivity index (χ2v) is 5.83. The number of likely N-dealkylation sites (N-methyl/N-ethyl adjacent to an activating group) is 1. The predicted molar refractivity (Wildman–Crippen MR) is 62.3 cm³/mol. The molecule has 1 unspecified atom stereocenters. The van der Waals surface area contributed by atoms with Gasteiger partial charge in [-0.1, -0.05) is 0 Å². The highest BCUT2D eigenvalue weighted by Gasteiger charge is 2.29. The van der Waals surface area contributed by atoms with Gasteiger partial charge in [0.05, 0.1) is 6.61 Å². The highest BCUT2D eigenvalue weighted by molar-refractivity contribution is 7.89. The normalized spacial score (nSPS) is 13.9. The number of nitrogen functional groups attached to an aromatic ring is 1. The van der Waals surface area contributed by atoms with E-state index in [1.807, 2.05) is 0 Å². The molecular weight excluding hydrogens is 266 g/mol. The van der Waals surface area contributed by atoms with E-state index in [2.05, 4.69) is 0 Å². The Morgan fingerprint density at radius 3 is 2.50 bits per heavy atom. The Morgan fingerprint density at radius 1 is 1.44 bits per heavy atom. The summed E-state index contributed by atoms with van der Waals surface area (Å²) in [5.41, 5.74) is 5.10. The van der Waals surface area contributed by atoms with Crippen molar-refractivity contribution in [3.8, 4) is 0 Å². The largest absolute Gasteiger partial charge is 0.399 e. The summed E-state index contributed by atoms with van der Waals surface area (Å²) < 4.78 is 51.4. The molecule has 18 heavy (non-hydrogen) atoms. The Balaban J connectivity index is 3.37. The molecule has 0 radical (unpaired) electrons. The average Bonchev–Trinajstić information content (AvgIpc) is 2.31. The number of anilines is 1. The lowest BCUT2D eigenvalue weighted by Gasteiger charge is -2.23. The van der Waals surface area contributed by atoms with Gasteiger partial charge < -0.3 is 10.8 Å². The third-order valence-electron chi connectivity index (χ3n) is 2.56. The molecule has 1 aromatic rings. The average molecular weight is 280 g/mol. The van der Waals surface area contributed by atoms with E-state index in [0.717, 1.165) is 17.4 Å². The summed E-state index contributed by atoms with van der Waals surface area (Å²) in [5, 5.41) is 8.90. The summed E-state index contributed by atoms with van der Waals surface area (Å²) in [6, 6.07) is 0.775. The van der Waals surface area contributed by atoms with Crippen molar-refractivity contribution in [1.29, 1.82) is 0 Å². The van der Waals surface area contributed by atoms with Crippen LogP contribution in [0, 0.1) is 11.6 Å². The lowest BCUT2D eigenvalue weighted by Crippen LogP contribution is -2.37. The minimum Gasteiger partial charge on any atom is -0.399 e. The van der Waals surface area contributed by atoms with E-state index < -0.39 is 39.2 Å². The molecule has 0 aliphatic rings. The van der Waals surface area contributed by atoms with Gasteiger partial charge in [0.1, 0.15) is 4.90 Å². The number of hydrogen-bond acceptors (Lipinski definition) is 4. The van der Waals surface area contributed by atoms with Crippen LogP contribution in [0.15, 0.2) is 17.0 Å². The van der Waals surface area contributed by atoms with Crippen molar-refractivity contribution in [3.05, 3.63) is 23.8 Å². The van der Waals surface area contributed by atoms with Gasteiger partial charge in [-0.15, -0.1) is 0 Å². The molecule has 1 rings (SSSR count). The van der Waals surface area contributed by atoms with Gasteiger partial charge in [-0.3, -0.25) is 0 Å². The molecule has 0 amide bonds. The predicted octanol–water partition coefficient (Wildman–Crippen LogP) is 0.548. The number of aliphatic hydroxyl groups excluding tert-OH is 1. The monoisotopic (exact) mass is 280 g/mol. The third-order valence-corrected chi connectivity index (χ3v) is 4.53. The molecule has 0 fully saturated rings. The summed E-state index contributed by atoms with van der Waals surface area (Å²) in [6.07, 6.45) is 0. The molecule has 0 aliphatic heterocycles. The molecule has 0 heterocycles. The van der Waals surface area contributed by atoms with Crippen molar-refractivity contribution in [1.82, 2.24) is 4.31 Å². The van der Waals surface area contributed by atoms with Crippen LogP contribution in [0.3, 0.4) is 0 Å². The van der Waals surface area contributed by atoms with Gasteiger partial charge in [-0.05, 0) is 19.1 Å². The summed E-state index contributed by atoms with van der Waals surface area (Å²) in [4.78, 5) is -0.845. The number of hydrogen-bond donors (Lipinski definition) is 2. The Hall–Kier alpha value is -1.25. The highest BCUT2D eigenvalue weighted by atomic mass is 32.2. The Bertz CT molecular complexity index is 548. The van der Waals surface area contributed by atoms with Crippen molar-refractivity contribution < 1.29 is 22.3 Å². The van der Waals surface area contributed by atoms with Gasteiger partial charge in [0.15, 0.2) is 11.6 Å². The van der Waals surface area contributed by atoms with Gasteiger partial charge in [0.25, 0.3) is 0 Å². The summed E-state index contributed by atoms with van der Waals surface area (Å²) in [7, 11) is -3.08. The van der Waals surface area contributed by atoms with Crippen LogP contribution in [0.4, 0.5) is 14.5 Å². The van der Waals surface area contributed by atoms with Gasteiger partial charge >= 0.3 is 0 Å². The van der Waals surface area contributed by atoms with Crippen LogP contribution in [0.25, 0.3) is 0 Å². The summed E-state index contributed by atoms with van der Waals surface area (Å²) in [5.74, 6) is -2.82. The van der Waals surface area contributed by atoms with Gasteiger partial charge in [0, 0.05) is 18.8 Å². The molecule has 0 bridgehead atoms. The number of halogens is 2. The number of rotatable bonds is 4. The topological polar surface area (TPSA) is 83.6 Å². The fourth-order valence-electron chi connectivity index (χ4n) is 1.28. The Morgan fingerprint density at radius 2 is 2.00 bits per heavy atom. The minimum atomic E-state index is -4.25. The molecule has 0 aromatic heterocycles. The smallest absolute Gasteiger partial charge is 0.246 e. The van der Waals surface area contributed by atoms with Crippen molar-refractivity contribution in [2.24, 2.45) is 0 Å². The Labute approximate surface area is 104 Å². The molecule has 0 saturated carbocycles. The number of nitrogens with two attached hydrogens (primary N) is 1. The van der Waals surface area contributed by atoms with E-state index in [1.54, 1.807) is 0 Å². The minimum absolute atomic E-state index is 0.197. The van der Waals surface area contributed by atoms with E-state index in [4.69, 9.17) is 10.8 Å². The first-order valence-corrected chi connectivity index (χ1v) is 6.49. The first kappa shape index (κ1) is 14.8. The zero-order valence-electron chi connectivity index (χ0n) is 9.89. The van der Waals surface area contributed by atoms with E-state index in [0.29, 0.717) is 6.07 Å². The summed E-state index contributed by atoms with van der Waals surface area (Å²) >= 11 is 0. The molecule has 102 valence electrons. The van der Waals surface area contributed by atoms with Crippen LogP contribution in [0.1, 0.15) is 6.92 Å². The third kappa shape index (κ3) is 2.60.